The van der Waals surface area contributed by atoms with E-state index in [2.05, 4.69) is 28.3 Å². The number of rotatable bonds is 5. The summed E-state index contributed by atoms with van der Waals surface area (Å²) in [5.41, 5.74) is 4.90. The third kappa shape index (κ3) is 3.90. The zero-order valence-corrected chi connectivity index (χ0v) is 15.3. The standard InChI is InChI=1S/C23H20N2O2/c1-16-22(17(2)27-25-16)15-26-21-13-8-18(9-14-21)7-11-20-12-10-19-5-3-4-6-23(19)24-20/h3-14H,15H2,1-2H3/b11-7+. The zero-order valence-electron chi connectivity index (χ0n) is 15.3. The smallest absolute Gasteiger partial charge is 0.140 e. The molecule has 0 saturated heterocycles. The van der Waals surface area contributed by atoms with Crippen LogP contribution in [0, 0.1) is 13.8 Å². The molecular weight excluding hydrogens is 336 g/mol. The van der Waals surface area contributed by atoms with Crippen LogP contribution in [0.1, 0.15) is 28.3 Å². The van der Waals surface area contributed by atoms with Gasteiger partial charge in [0.25, 0.3) is 0 Å². The molecule has 2 aromatic heterocycles. The number of hydrogen-bond acceptors (Lipinski definition) is 4. The van der Waals surface area contributed by atoms with Crippen LogP contribution in [0.25, 0.3) is 23.1 Å². The predicted molar refractivity (Wildman–Crippen MR) is 107 cm³/mol. The fraction of sp³-hybridized carbons (Fsp3) is 0.130. The van der Waals surface area contributed by atoms with E-state index < -0.39 is 0 Å². The minimum Gasteiger partial charge on any atom is -0.489 e. The van der Waals surface area contributed by atoms with Gasteiger partial charge in [0.05, 0.1) is 22.5 Å². The Labute approximate surface area is 158 Å². The van der Waals surface area contributed by atoms with Crippen molar-refractivity contribution < 1.29 is 9.26 Å². The van der Waals surface area contributed by atoms with Crippen LogP contribution in [0.5, 0.6) is 5.75 Å². The molecule has 2 heterocycles. The van der Waals surface area contributed by atoms with Gasteiger partial charge in [-0.2, -0.15) is 0 Å². The molecule has 0 atom stereocenters. The Kier molecular flexibility index (Phi) is 4.71. The van der Waals surface area contributed by atoms with Gasteiger partial charge in [0.15, 0.2) is 0 Å². The van der Waals surface area contributed by atoms with Crippen LogP contribution < -0.4 is 4.74 Å². The van der Waals surface area contributed by atoms with Gasteiger partial charge in [-0.3, -0.25) is 0 Å². The minimum absolute atomic E-state index is 0.456. The van der Waals surface area contributed by atoms with Crippen LogP contribution >= 0.6 is 0 Å². The van der Waals surface area contributed by atoms with E-state index in [-0.39, 0.29) is 0 Å². The molecule has 0 bridgehead atoms. The SMILES string of the molecule is Cc1noc(C)c1COc1ccc(/C=C/c2ccc3ccccc3n2)cc1. The highest BCUT2D eigenvalue weighted by Crippen LogP contribution is 2.19. The third-order valence-corrected chi connectivity index (χ3v) is 4.51. The first-order valence-electron chi connectivity index (χ1n) is 8.87. The van der Waals surface area contributed by atoms with Crippen molar-refractivity contribution in [1.82, 2.24) is 10.1 Å². The van der Waals surface area contributed by atoms with E-state index in [9.17, 15) is 0 Å². The van der Waals surface area contributed by atoms with E-state index in [1.54, 1.807) is 0 Å². The van der Waals surface area contributed by atoms with Gasteiger partial charge in [-0.25, -0.2) is 4.98 Å². The molecule has 0 saturated carbocycles. The van der Waals surface area contributed by atoms with E-state index in [0.717, 1.165) is 44.9 Å². The predicted octanol–water partition coefficient (Wildman–Crippen LogP) is 5.59. The minimum atomic E-state index is 0.456. The summed E-state index contributed by atoms with van der Waals surface area (Å²) in [6.07, 6.45) is 4.07. The van der Waals surface area contributed by atoms with Gasteiger partial charge in [-0.1, -0.05) is 47.6 Å². The largest absolute Gasteiger partial charge is 0.489 e. The molecule has 0 aliphatic rings. The fourth-order valence-corrected chi connectivity index (χ4v) is 2.89. The maximum atomic E-state index is 5.84. The third-order valence-electron chi connectivity index (χ3n) is 4.51. The van der Waals surface area contributed by atoms with Crippen molar-refractivity contribution in [2.45, 2.75) is 20.5 Å². The van der Waals surface area contributed by atoms with Crippen LogP contribution in [0.2, 0.25) is 0 Å². The normalized spacial score (nSPS) is 11.3. The van der Waals surface area contributed by atoms with Gasteiger partial charge in [-0.15, -0.1) is 0 Å². The highest BCUT2D eigenvalue weighted by molar-refractivity contribution is 5.80. The van der Waals surface area contributed by atoms with Gasteiger partial charge in [0, 0.05) is 5.39 Å². The van der Waals surface area contributed by atoms with Gasteiger partial charge in [-0.05, 0) is 49.8 Å². The zero-order chi connectivity index (χ0) is 18.6. The van der Waals surface area contributed by atoms with Crippen LogP contribution in [0.15, 0.2) is 65.2 Å². The van der Waals surface area contributed by atoms with Gasteiger partial charge >= 0.3 is 0 Å². The molecule has 4 aromatic rings. The van der Waals surface area contributed by atoms with Crippen molar-refractivity contribution in [2.75, 3.05) is 0 Å². The summed E-state index contributed by atoms with van der Waals surface area (Å²) >= 11 is 0. The number of ether oxygens (including phenoxy) is 1. The number of fused-ring (bicyclic) bond motifs is 1. The molecule has 4 nitrogen and oxygen atoms in total. The van der Waals surface area contributed by atoms with E-state index in [1.165, 1.54) is 0 Å². The molecule has 134 valence electrons. The fourth-order valence-electron chi connectivity index (χ4n) is 2.89. The summed E-state index contributed by atoms with van der Waals surface area (Å²) in [5, 5.41) is 5.09. The van der Waals surface area contributed by atoms with Gasteiger partial charge in [0.2, 0.25) is 0 Å². The number of hydrogen-bond donors (Lipinski definition) is 0. The Morgan fingerprint density at radius 1 is 0.926 bits per heavy atom. The topological polar surface area (TPSA) is 48.2 Å². The second-order valence-corrected chi connectivity index (χ2v) is 6.42. The molecule has 0 N–H and O–H groups in total. The highest BCUT2D eigenvalue weighted by atomic mass is 16.5. The molecule has 2 aromatic carbocycles. The van der Waals surface area contributed by atoms with Gasteiger partial charge in [0.1, 0.15) is 18.1 Å². The molecule has 4 heteroatoms. The van der Waals surface area contributed by atoms with Crippen molar-refractivity contribution in [1.29, 1.82) is 0 Å². The lowest BCUT2D eigenvalue weighted by molar-refractivity contribution is 0.301. The number of aromatic nitrogens is 2. The monoisotopic (exact) mass is 356 g/mol. The number of para-hydroxylation sites is 1. The average molecular weight is 356 g/mol. The number of aryl methyl sites for hydroxylation is 2. The maximum Gasteiger partial charge on any atom is 0.140 e. The molecule has 0 aliphatic heterocycles. The van der Waals surface area contributed by atoms with E-state index in [0.29, 0.717) is 6.61 Å². The van der Waals surface area contributed by atoms with Crippen molar-refractivity contribution >= 4 is 23.1 Å². The summed E-state index contributed by atoms with van der Waals surface area (Å²) < 4.78 is 11.0. The van der Waals surface area contributed by atoms with E-state index >= 15 is 0 Å². The lowest BCUT2D eigenvalue weighted by atomic mass is 10.1. The van der Waals surface area contributed by atoms with E-state index in [4.69, 9.17) is 9.26 Å². The molecule has 0 amide bonds. The van der Waals surface area contributed by atoms with Crippen molar-refractivity contribution in [3.63, 3.8) is 0 Å². The summed E-state index contributed by atoms with van der Waals surface area (Å²) in [4.78, 5) is 4.66. The van der Waals surface area contributed by atoms with Crippen LogP contribution in [-0.2, 0) is 6.61 Å². The molecule has 0 spiro atoms. The van der Waals surface area contributed by atoms with Crippen molar-refractivity contribution in [3.8, 4) is 5.75 Å². The Morgan fingerprint density at radius 2 is 1.74 bits per heavy atom. The Morgan fingerprint density at radius 3 is 2.52 bits per heavy atom. The molecule has 0 unspecified atom stereocenters. The maximum absolute atomic E-state index is 5.84. The second kappa shape index (κ2) is 7.46. The molecule has 0 aliphatic carbocycles. The molecule has 4 rings (SSSR count). The van der Waals surface area contributed by atoms with Crippen LogP contribution in [0.3, 0.4) is 0 Å². The molecular formula is C23H20N2O2. The summed E-state index contributed by atoms with van der Waals surface area (Å²) in [6, 6.07) is 20.2. The quantitative estimate of drug-likeness (QED) is 0.468. The second-order valence-electron chi connectivity index (χ2n) is 6.42. The number of pyridine rings is 1. The number of benzene rings is 2. The van der Waals surface area contributed by atoms with Crippen molar-refractivity contribution in [3.05, 3.63) is 88.9 Å². The molecule has 0 fully saturated rings. The lowest BCUT2D eigenvalue weighted by Crippen LogP contribution is -1.97. The van der Waals surface area contributed by atoms with Gasteiger partial charge < -0.3 is 9.26 Å². The first kappa shape index (κ1) is 17.0. The van der Waals surface area contributed by atoms with Crippen LogP contribution in [-0.4, -0.2) is 10.1 Å². The first-order chi connectivity index (χ1) is 13.2. The van der Waals surface area contributed by atoms with E-state index in [1.807, 2.05) is 68.5 Å². The Balaban J connectivity index is 1.43. The molecule has 27 heavy (non-hydrogen) atoms. The average Bonchev–Trinajstić information content (AvgIpc) is 3.03. The Hall–Kier alpha value is -3.40. The first-order valence-corrected chi connectivity index (χ1v) is 8.87. The van der Waals surface area contributed by atoms with Crippen molar-refractivity contribution in [2.24, 2.45) is 0 Å². The summed E-state index contributed by atoms with van der Waals surface area (Å²) in [5.74, 6) is 1.62. The molecule has 0 radical (unpaired) electrons. The number of nitrogens with zero attached hydrogens (tertiary/aromatic N) is 2. The summed E-state index contributed by atoms with van der Waals surface area (Å²) in [7, 11) is 0. The highest BCUT2D eigenvalue weighted by Gasteiger charge is 2.09. The Bertz CT molecular complexity index is 1080. The van der Waals surface area contributed by atoms with Crippen LogP contribution in [0.4, 0.5) is 0 Å². The summed E-state index contributed by atoms with van der Waals surface area (Å²) in [6.45, 7) is 4.27. The lowest BCUT2D eigenvalue weighted by Gasteiger charge is -2.06.